The number of nitrogen functional groups attached to an aromatic ring is 1. The van der Waals surface area contributed by atoms with Crippen LogP contribution in [0.15, 0.2) is 11.1 Å². The van der Waals surface area contributed by atoms with Gasteiger partial charge in [-0.15, -0.1) is 0 Å². The zero-order valence-electron chi connectivity index (χ0n) is 11.1. The molecule has 0 radical (unpaired) electrons. The predicted molar refractivity (Wildman–Crippen MR) is 70.4 cm³/mol. The fraction of sp³-hybridized carbons (Fsp3) is 0.545. The molecule has 1 aliphatic heterocycles. The summed E-state index contributed by atoms with van der Waals surface area (Å²) >= 11 is 0. The highest BCUT2D eigenvalue weighted by Gasteiger charge is 2.45. The molecule has 0 unspecified atom stereocenters. The molecule has 0 amide bonds. The number of hydrogen-bond donors (Lipinski definition) is 4. The van der Waals surface area contributed by atoms with Gasteiger partial charge in [0.25, 0.3) is 5.56 Å². The second-order valence-corrected chi connectivity index (χ2v) is 4.71. The van der Waals surface area contributed by atoms with Crippen molar-refractivity contribution in [1.82, 2.24) is 19.5 Å². The average Bonchev–Trinajstić information content (AvgIpc) is 2.99. The van der Waals surface area contributed by atoms with E-state index in [2.05, 4.69) is 15.0 Å². The SMILES string of the molecule is CO[C@@H]1[C@H](O)[C@H](CO)O[C@@H]1n1cnc2c(=O)[nH]c(N)nc21. The van der Waals surface area contributed by atoms with Gasteiger partial charge in [0.15, 0.2) is 17.4 Å². The Morgan fingerprint density at radius 2 is 2.38 bits per heavy atom. The smallest absolute Gasteiger partial charge is 0.280 e. The maximum atomic E-state index is 11.8. The number of nitrogens with two attached hydrogens (primary N) is 1. The molecule has 10 nitrogen and oxygen atoms in total. The van der Waals surface area contributed by atoms with E-state index in [4.69, 9.17) is 15.2 Å². The van der Waals surface area contributed by atoms with Crippen LogP contribution in [0.4, 0.5) is 5.95 Å². The summed E-state index contributed by atoms with van der Waals surface area (Å²) in [6.45, 7) is -0.361. The van der Waals surface area contributed by atoms with Gasteiger partial charge < -0.3 is 25.4 Å². The Morgan fingerprint density at radius 3 is 3.05 bits per heavy atom. The molecule has 4 atom stereocenters. The number of H-pyrrole nitrogens is 1. The van der Waals surface area contributed by atoms with E-state index in [1.165, 1.54) is 18.0 Å². The quantitative estimate of drug-likeness (QED) is 0.506. The first-order valence-electron chi connectivity index (χ1n) is 6.26. The number of fused-ring (bicyclic) bond motifs is 1. The topological polar surface area (TPSA) is 149 Å². The number of rotatable bonds is 3. The van der Waals surface area contributed by atoms with Gasteiger partial charge in [-0.2, -0.15) is 4.98 Å². The Bertz CT molecular complexity index is 713. The highest BCUT2D eigenvalue weighted by atomic mass is 16.6. The van der Waals surface area contributed by atoms with E-state index in [1.54, 1.807) is 0 Å². The van der Waals surface area contributed by atoms with Gasteiger partial charge in [0.1, 0.15) is 18.3 Å². The van der Waals surface area contributed by atoms with Crippen molar-refractivity contribution in [2.24, 2.45) is 0 Å². The molecule has 0 saturated carbocycles. The Labute approximate surface area is 118 Å². The highest BCUT2D eigenvalue weighted by molar-refractivity contribution is 5.70. The van der Waals surface area contributed by atoms with Crippen LogP contribution in [0.2, 0.25) is 0 Å². The van der Waals surface area contributed by atoms with E-state index in [9.17, 15) is 15.0 Å². The zero-order valence-corrected chi connectivity index (χ0v) is 11.1. The van der Waals surface area contributed by atoms with Crippen LogP contribution >= 0.6 is 0 Å². The Hall–Kier alpha value is -2.01. The summed E-state index contributed by atoms with van der Waals surface area (Å²) in [6.07, 6.45) is -1.96. The lowest BCUT2D eigenvalue weighted by Crippen LogP contribution is -2.34. The minimum absolute atomic E-state index is 0.0551. The molecule has 2 aromatic heterocycles. The van der Waals surface area contributed by atoms with E-state index in [-0.39, 0.29) is 23.7 Å². The van der Waals surface area contributed by atoms with Crippen LogP contribution in [0, 0.1) is 0 Å². The fourth-order valence-corrected chi connectivity index (χ4v) is 2.48. The summed E-state index contributed by atoms with van der Waals surface area (Å²) < 4.78 is 12.2. The van der Waals surface area contributed by atoms with Crippen LogP contribution in [0.25, 0.3) is 11.2 Å². The third kappa shape index (κ3) is 2.08. The molecule has 0 bridgehead atoms. The summed E-state index contributed by atoms with van der Waals surface area (Å²) in [6, 6.07) is 0. The molecule has 114 valence electrons. The first-order chi connectivity index (χ1) is 10.1. The first-order valence-corrected chi connectivity index (χ1v) is 6.26. The number of hydrogen-bond acceptors (Lipinski definition) is 8. The number of nitrogens with zero attached hydrogens (tertiary/aromatic N) is 3. The number of aliphatic hydroxyl groups is 2. The van der Waals surface area contributed by atoms with Crippen LogP contribution in [-0.2, 0) is 9.47 Å². The Balaban J connectivity index is 2.10. The Morgan fingerprint density at radius 1 is 1.62 bits per heavy atom. The zero-order chi connectivity index (χ0) is 15.1. The van der Waals surface area contributed by atoms with Crippen molar-refractivity contribution in [2.45, 2.75) is 24.5 Å². The fourth-order valence-electron chi connectivity index (χ4n) is 2.48. The summed E-state index contributed by atoms with van der Waals surface area (Å²) in [7, 11) is 1.41. The molecular formula is C11H15N5O5. The van der Waals surface area contributed by atoms with Gasteiger partial charge in [-0.25, -0.2) is 4.98 Å². The lowest BCUT2D eigenvalue weighted by Gasteiger charge is -2.19. The van der Waals surface area contributed by atoms with Crippen LogP contribution < -0.4 is 11.3 Å². The summed E-state index contributed by atoms with van der Waals surface area (Å²) in [5.41, 5.74) is 5.38. The van der Waals surface area contributed by atoms with Gasteiger partial charge in [-0.1, -0.05) is 0 Å². The van der Waals surface area contributed by atoms with Crippen LogP contribution in [0.5, 0.6) is 0 Å². The van der Waals surface area contributed by atoms with E-state index in [0.717, 1.165) is 0 Å². The second-order valence-electron chi connectivity index (χ2n) is 4.71. The molecule has 0 aromatic carbocycles. The number of aliphatic hydroxyl groups excluding tert-OH is 2. The molecule has 0 spiro atoms. The third-order valence-electron chi connectivity index (χ3n) is 3.49. The van der Waals surface area contributed by atoms with Crippen molar-refractivity contribution in [3.8, 4) is 0 Å². The number of imidazole rings is 1. The number of aromatic amines is 1. The van der Waals surface area contributed by atoms with E-state index in [1.807, 2.05) is 0 Å². The molecule has 2 aromatic rings. The van der Waals surface area contributed by atoms with Gasteiger partial charge in [0, 0.05) is 7.11 Å². The number of ether oxygens (including phenoxy) is 2. The standard InChI is InChI=1S/C11H15N5O5/c1-20-7-6(18)4(2-17)21-10(7)16-3-13-5-8(16)14-11(12)15-9(5)19/h3-4,6-7,10,17-18H,2H2,1H3,(H3,12,14,15,19)/t4-,6+,7+,10-/m0/s1. The molecule has 0 aliphatic carbocycles. The normalized spacial score (nSPS) is 29.3. The summed E-state index contributed by atoms with van der Waals surface area (Å²) in [4.78, 5) is 22.1. The van der Waals surface area contributed by atoms with Gasteiger partial charge in [0.2, 0.25) is 5.95 Å². The Kier molecular flexibility index (Phi) is 3.37. The largest absolute Gasteiger partial charge is 0.394 e. The summed E-state index contributed by atoms with van der Waals surface area (Å²) in [5, 5.41) is 19.3. The molecule has 3 rings (SSSR count). The predicted octanol–water partition coefficient (Wildman–Crippen LogP) is -2.03. The second kappa shape index (κ2) is 5.07. The van der Waals surface area contributed by atoms with Crippen molar-refractivity contribution < 1.29 is 19.7 Å². The highest BCUT2D eigenvalue weighted by Crippen LogP contribution is 2.32. The van der Waals surface area contributed by atoms with Gasteiger partial charge in [-0.3, -0.25) is 14.3 Å². The van der Waals surface area contributed by atoms with Crippen LogP contribution in [0.3, 0.4) is 0 Å². The summed E-state index contributed by atoms with van der Waals surface area (Å²) in [5.74, 6) is -0.0551. The van der Waals surface area contributed by atoms with Gasteiger partial charge in [0.05, 0.1) is 12.9 Å². The molecular weight excluding hydrogens is 282 g/mol. The number of aromatic nitrogens is 4. The molecule has 1 saturated heterocycles. The van der Waals surface area contributed by atoms with Crippen molar-refractivity contribution in [2.75, 3.05) is 19.5 Å². The number of methoxy groups -OCH3 is 1. The maximum absolute atomic E-state index is 11.8. The average molecular weight is 297 g/mol. The number of nitrogens with one attached hydrogen (secondary N) is 1. The van der Waals surface area contributed by atoms with Gasteiger partial charge in [-0.05, 0) is 0 Å². The minimum Gasteiger partial charge on any atom is -0.394 e. The monoisotopic (exact) mass is 297 g/mol. The molecule has 3 heterocycles. The molecule has 1 aliphatic rings. The van der Waals surface area contributed by atoms with Crippen molar-refractivity contribution >= 4 is 17.1 Å². The molecule has 1 fully saturated rings. The van der Waals surface area contributed by atoms with Crippen molar-refractivity contribution in [3.05, 3.63) is 16.7 Å². The van der Waals surface area contributed by atoms with Crippen LogP contribution in [-0.4, -0.2) is 61.8 Å². The van der Waals surface area contributed by atoms with Crippen LogP contribution in [0.1, 0.15) is 6.23 Å². The maximum Gasteiger partial charge on any atom is 0.280 e. The third-order valence-corrected chi connectivity index (χ3v) is 3.49. The van der Waals surface area contributed by atoms with Crippen molar-refractivity contribution in [1.29, 1.82) is 0 Å². The van der Waals surface area contributed by atoms with Gasteiger partial charge >= 0.3 is 0 Å². The van der Waals surface area contributed by atoms with E-state index < -0.39 is 30.1 Å². The van der Waals surface area contributed by atoms with Crippen molar-refractivity contribution in [3.63, 3.8) is 0 Å². The van der Waals surface area contributed by atoms with E-state index in [0.29, 0.717) is 0 Å². The lowest BCUT2D eigenvalue weighted by atomic mass is 10.1. The molecule has 10 heteroatoms. The number of anilines is 1. The lowest BCUT2D eigenvalue weighted by molar-refractivity contribution is -0.0583. The molecule has 5 N–H and O–H groups in total. The first kappa shape index (κ1) is 13.9. The van der Waals surface area contributed by atoms with E-state index >= 15 is 0 Å². The minimum atomic E-state index is -1.01. The molecule has 21 heavy (non-hydrogen) atoms.